The summed E-state index contributed by atoms with van der Waals surface area (Å²) in [4.78, 5) is 0.0140. The van der Waals surface area contributed by atoms with Crippen LogP contribution in [0, 0.1) is 5.82 Å². The van der Waals surface area contributed by atoms with Crippen LogP contribution >= 0.6 is 0 Å². The zero-order valence-electron chi connectivity index (χ0n) is 13.7. The molecular weight excluding hydrogens is 329 g/mol. The van der Waals surface area contributed by atoms with Crippen molar-refractivity contribution in [3.05, 3.63) is 54.3 Å². The molecule has 0 aliphatic rings. The summed E-state index contributed by atoms with van der Waals surface area (Å²) in [6.07, 6.45) is 4.54. The molecule has 0 saturated carbocycles. The summed E-state index contributed by atoms with van der Waals surface area (Å²) in [6.45, 7) is 2.81. The first-order valence-electron chi connectivity index (χ1n) is 8.02. The smallest absolute Gasteiger partial charge is 0.261 e. The molecule has 0 radical (unpaired) electrons. The van der Waals surface area contributed by atoms with Crippen molar-refractivity contribution in [1.29, 1.82) is 0 Å². The predicted molar refractivity (Wildman–Crippen MR) is 93.3 cm³/mol. The second-order valence-electron chi connectivity index (χ2n) is 5.49. The molecule has 2 rings (SSSR count). The standard InChI is InChI=1S/C18H22FNO3S/c1-2-3-4-5-14-23-17-10-8-16(9-11-17)20-24(21,22)18-12-6-15(19)7-13-18/h6-13,20H,2-5,14H2,1H3. The van der Waals surface area contributed by atoms with Gasteiger partial charge in [0.15, 0.2) is 0 Å². The highest BCUT2D eigenvalue weighted by molar-refractivity contribution is 7.92. The van der Waals surface area contributed by atoms with E-state index < -0.39 is 15.8 Å². The Morgan fingerprint density at radius 2 is 1.62 bits per heavy atom. The quantitative estimate of drug-likeness (QED) is 0.673. The van der Waals surface area contributed by atoms with Crippen molar-refractivity contribution in [3.8, 4) is 5.75 Å². The fraction of sp³-hybridized carbons (Fsp3) is 0.333. The number of unbranched alkanes of at least 4 members (excludes halogenated alkanes) is 3. The second kappa shape index (κ2) is 8.68. The van der Waals surface area contributed by atoms with Gasteiger partial charge >= 0.3 is 0 Å². The molecule has 0 heterocycles. The van der Waals surface area contributed by atoms with Crippen LogP contribution in [0.3, 0.4) is 0 Å². The summed E-state index contributed by atoms with van der Waals surface area (Å²) in [5.74, 6) is 0.227. The molecule has 4 nitrogen and oxygen atoms in total. The maximum absolute atomic E-state index is 12.9. The van der Waals surface area contributed by atoms with Crippen molar-refractivity contribution >= 4 is 15.7 Å². The molecule has 2 aromatic rings. The first-order chi connectivity index (χ1) is 11.5. The van der Waals surface area contributed by atoms with Gasteiger partial charge in [-0.2, -0.15) is 0 Å². The lowest BCUT2D eigenvalue weighted by atomic mass is 10.2. The van der Waals surface area contributed by atoms with Gasteiger partial charge in [-0.1, -0.05) is 26.2 Å². The molecule has 0 aliphatic heterocycles. The van der Waals surface area contributed by atoms with Gasteiger partial charge < -0.3 is 4.74 Å². The van der Waals surface area contributed by atoms with Crippen LogP contribution in [-0.2, 0) is 10.0 Å². The number of nitrogens with one attached hydrogen (secondary N) is 1. The fourth-order valence-corrected chi connectivity index (χ4v) is 3.22. The Labute approximate surface area is 142 Å². The maximum atomic E-state index is 12.9. The van der Waals surface area contributed by atoms with Gasteiger partial charge in [0.1, 0.15) is 11.6 Å². The van der Waals surface area contributed by atoms with Crippen molar-refractivity contribution in [2.75, 3.05) is 11.3 Å². The normalized spacial score (nSPS) is 11.2. The van der Waals surface area contributed by atoms with Gasteiger partial charge in [-0.05, 0) is 55.0 Å². The van der Waals surface area contributed by atoms with Crippen molar-refractivity contribution in [2.24, 2.45) is 0 Å². The Hall–Kier alpha value is -2.08. The molecule has 2 aromatic carbocycles. The third-order valence-corrected chi connectivity index (χ3v) is 4.89. The lowest BCUT2D eigenvalue weighted by Gasteiger charge is -2.10. The lowest BCUT2D eigenvalue weighted by molar-refractivity contribution is 0.305. The lowest BCUT2D eigenvalue weighted by Crippen LogP contribution is -2.12. The van der Waals surface area contributed by atoms with Crippen molar-refractivity contribution < 1.29 is 17.5 Å². The Bertz CT molecular complexity index is 728. The molecule has 0 saturated heterocycles. The Balaban J connectivity index is 1.92. The molecule has 130 valence electrons. The molecule has 0 spiro atoms. The molecule has 6 heteroatoms. The van der Waals surface area contributed by atoms with E-state index in [9.17, 15) is 12.8 Å². The molecule has 0 unspecified atom stereocenters. The number of sulfonamides is 1. The van der Waals surface area contributed by atoms with Crippen LogP contribution in [0.1, 0.15) is 32.6 Å². The molecule has 0 aromatic heterocycles. The number of hydrogen-bond acceptors (Lipinski definition) is 3. The average Bonchev–Trinajstić information content (AvgIpc) is 2.56. The van der Waals surface area contributed by atoms with Crippen LogP contribution in [0.2, 0.25) is 0 Å². The van der Waals surface area contributed by atoms with E-state index in [0.29, 0.717) is 18.0 Å². The van der Waals surface area contributed by atoms with Crippen LogP contribution in [-0.4, -0.2) is 15.0 Å². The summed E-state index contributed by atoms with van der Waals surface area (Å²) in [5.41, 5.74) is 0.428. The van der Waals surface area contributed by atoms with Gasteiger partial charge in [-0.3, -0.25) is 4.72 Å². The summed E-state index contributed by atoms with van der Waals surface area (Å²) < 4.78 is 45.4. The first-order valence-corrected chi connectivity index (χ1v) is 9.51. The zero-order valence-corrected chi connectivity index (χ0v) is 14.5. The Morgan fingerprint density at radius 3 is 2.25 bits per heavy atom. The number of halogens is 1. The molecule has 1 N–H and O–H groups in total. The molecule has 24 heavy (non-hydrogen) atoms. The summed E-state index contributed by atoms with van der Waals surface area (Å²) >= 11 is 0. The first kappa shape index (κ1) is 18.3. The third kappa shape index (κ3) is 5.53. The average molecular weight is 351 g/mol. The SMILES string of the molecule is CCCCCCOc1ccc(NS(=O)(=O)c2ccc(F)cc2)cc1. The largest absolute Gasteiger partial charge is 0.494 e. The van der Waals surface area contributed by atoms with E-state index in [0.717, 1.165) is 25.0 Å². The molecule has 0 bridgehead atoms. The van der Waals surface area contributed by atoms with Gasteiger partial charge in [-0.15, -0.1) is 0 Å². The van der Waals surface area contributed by atoms with E-state index in [1.807, 2.05) is 0 Å². The van der Waals surface area contributed by atoms with Crippen molar-refractivity contribution in [3.63, 3.8) is 0 Å². The third-order valence-electron chi connectivity index (χ3n) is 3.50. The number of benzene rings is 2. The Kier molecular flexibility index (Phi) is 6.61. The number of rotatable bonds is 9. The molecule has 0 amide bonds. The van der Waals surface area contributed by atoms with Crippen molar-refractivity contribution in [1.82, 2.24) is 0 Å². The summed E-state index contributed by atoms with van der Waals surface area (Å²) in [6, 6.07) is 11.4. The fourth-order valence-electron chi connectivity index (χ4n) is 2.17. The molecular formula is C18H22FNO3S. The number of ether oxygens (including phenoxy) is 1. The highest BCUT2D eigenvalue weighted by Crippen LogP contribution is 2.20. The monoisotopic (exact) mass is 351 g/mol. The summed E-state index contributed by atoms with van der Waals surface area (Å²) in [7, 11) is -3.73. The second-order valence-corrected chi connectivity index (χ2v) is 7.18. The van der Waals surface area contributed by atoms with E-state index in [2.05, 4.69) is 11.6 Å². The summed E-state index contributed by atoms with van der Waals surface area (Å²) in [5, 5.41) is 0. The van der Waals surface area contributed by atoms with E-state index in [1.165, 1.54) is 25.0 Å². The van der Waals surface area contributed by atoms with E-state index >= 15 is 0 Å². The van der Waals surface area contributed by atoms with Crippen LogP contribution in [0.25, 0.3) is 0 Å². The minimum atomic E-state index is -3.73. The van der Waals surface area contributed by atoms with Crippen LogP contribution in [0.15, 0.2) is 53.4 Å². The minimum Gasteiger partial charge on any atom is -0.494 e. The van der Waals surface area contributed by atoms with Gasteiger partial charge in [0.05, 0.1) is 11.5 Å². The topological polar surface area (TPSA) is 55.4 Å². The highest BCUT2D eigenvalue weighted by Gasteiger charge is 2.14. The van der Waals surface area contributed by atoms with E-state index in [1.54, 1.807) is 24.3 Å². The number of anilines is 1. The Morgan fingerprint density at radius 1 is 0.958 bits per heavy atom. The van der Waals surface area contributed by atoms with Gasteiger partial charge in [0.2, 0.25) is 0 Å². The predicted octanol–water partition coefficient (Wildman–Crippen LogP) is 4.59. The number of hydrogen-bond donors (Lipinski definition) is 1. The zero-order chi connectivity index (χ0) is 17.4. The highest BCUT2D eigenvalue weighted by atomic mass is 32.2. The van der Waals surface area contributed by atoms with E-state index in [-0.39, 0.29) is 4.90 Å². The van der Waals surface area contributed by atoms with Gasteiger partial charge in [0.25, 0.3) is 10.0 Å². The maximum Gasteiger partial charge on any atom is 0.261 e. The molecule has 0 atom stereocenters. The van der Waals surface area contributed by atoms with E-state index in [4.69, 9.17) is 4.74 Å². The van der Waals surface area contributed by atoms with Crippen LogP contribution in [0.5, 0.6) is 5.75 Å². The minimum absolute atomic E-state index is 0.0140. The van der Waals surface area contributed by atoms with Crippen LogP contribution < -0.4 is 9.46 Å². The van der Waals surface area contributed by atoms with Gasteiger partial charge in [0, 0.05) is 5.69 Å². The van der Waals surface area contributed by atoms with Gasteiger partial charge in [-0.25, -0.2) is 12.8 Å². The van der Waals surface area contributed by atoms with Crippen LogP contribution in [0.4, 0.5) is 10.1 Å². The molecule has 0 fully saturated rings. The van der Waals surface area contributed by atoms with Crippen molar-refractivity contribution in [2.45, 2.75) is 37.5 Å². The molecule has 0 aliphatic carbocycles.